The highest BCUT2D eigenvalue weighted by Gasteiger charge is 2.27. The fourth-order valence-corrected chi connectivity index (χ4v) is 1.77. The quantitative estimate of drug-likeness (QED) is 0.832. The Labute approximate surface area is 118 Å². The van der Waals surface area contributed by atoms with Crippen LogP contribution in [0, 0.1) is 0 Å². The molecule has 20 heavy (non-hydrogen) atoms. The maximum Gasteiger partial charge on any atom is 0.390 e. The molecule has 1 aromatic rings. The summed E-state index contributed by atoms with van der Waals surface area (Å²) in [7, 11) is 1.62. The van der Waals surface area contributed by atoms with Gasteiger partial charge in [0.1, 0.15) is 5.82 Å². The molecule has 3 nitrogen and oxygen atoms in total. The van der Waals surface area contributed by atoms with E-state index in [4.69, 9.17) is 0 Å². The van der Waals surface area contributed by atoms with Gasteiger partial charge < -0.3 is 10.2 Å². The van der Waals surface area contributed by atoms with Crippen molar-refractivity contribution < 1.29 is 13.2 Å². The lowest BCUT2D eigenvalue weighted by atomic mass is 10.1. The number of anilines is 1. The highest BCUT2D eigenvalue weighted by atomic mass is 19.4. The average molecular weight is 289 g/mol. The fraction of sp³-hybridized carbons (Fsp3) is 0.643. The summed E-state index contributed by atoms with van der Waals surface area (Å²) in [5.74, 6) is 0.556. The smallest absolute Gasteiger partial charge is 0.359 e. The molecule has 0 bridgehead atoms. The molecular weight excluding hydrogens is 267 g/mol. The molecule has 1 aromatic heterocycles. The van der Waals surface area contributed by atoms with Gasteiger partial charge in [-0.2, -0.15) is 13.2 Å². The number of aromatic nitrogens is 1. The molecule has 0 aliphatic heterocycles. The number of hydrogen-bond donors (Lipinski definition) is 1. The molecule has 0 fully saturated rings. The number of nitrogens with one attached hydrogen (secondary N) is 1. The maximum absolute atomic E-state index is 12.2. The van der Waals surface area contributed by atoms with Crippen LogP contribution in [0.3, 0.4) is 0 Å². The van der Waals surface area contributed by atoms with E-state index in [-0.39, 0.29) is 12.6 Å². The van der Waals surface area contributed by atoms with Crippen LogP contribution in [0.2, 0.25) is 0 Å². The molecule has 0 aliphatic rings. The van der Waals surface area contributed by atoms with Crippen molar-refractivity contribution in [2.45, 2.75) is 38.9 Å². The number of alkyl halides is 3. The van der Waals surface area contributed by atoms with Gasteiger partial charge in [-0.05, 0) is 31.5 Å². The highest BCUT2D eigenvalue weighted by Crippen LogP contribution is 2.21. The first kappa shape index (κ1) is 16.8. The molecule has 0 aliphatic carbocycles. The van der Waals surface area contributed by atoms with Crippen molar-refractivity contribution in [1.82, 2.24) is 10.3 Å². The molecule has 1 N–H and O–H groups in total. The van der Waals surface area contributed by atoms with Gasteiger partial charge in [0.2, 0.25) is 0 Å². The molecule has 0 aromatic carbocycles. The van der Waals surface area contributed by atoms with Gasteiger partial charge in [0, 0.05) is 25.8 Å². The first-order valence-electron chi connectivity index (χ1n) is 6.80. The predicted molar refractivity (Wildman–Crippen MR) is 74.9 cm³/mol. The number of halogens is 3. The Hall–Kier alpha value is -1.30. The minimum atomic E-state index is -4.13. The van der Waals surface area contributed by atoms with E-state index < -0.39 is 12.6 Å². The number of rotatable bonds is 7. The van der Waals surface area contributed by atoms with Crippen LogP contribution >= 0.6 is 0 Å². The second-order valence-electron chi connectivity index (χ2n) is 4.91. The summed E-state index contributed by atoms with van der Waals surface area (Å²) < 4.78 is 36.5. The van der Waals surface area contributed by atoms with Gasteiger partial charge in [-0.1, -0.05) is 13.0 Å². The third kappa shape index (κ3) is 5.77. The normalized spacial score (nSPS) is 13.3. The summed E-state index contributed by atoms with van der Waals surface area (Å²) >= 11 is 0. The fourth-order valence-electron chi connectivity index (χ4n) is 1.77. The summed E-state index contributed by atoms with van der Waals surface area (Å²) in [6.07, 6.45) is -2.20. The Bertz CT molecular complexity index is 390. The van der Waals surface area contributed by atoms with Crippen molar-refractivity contribution in [3.63, 3.8) is 0 Å². The lowest BCUT2D eigenvalue weighted by molar-refractivity contribution is -0.132. The Morgan fingerprint density at radius 3 is 2.55 bits per heavy atom. The van der Waals surface area contributed by atoms with Gasteiger partial charge in [0.25, 0.3) is 0 Å². The van der Waals surface area contributed by atoms with Crippen LogP contribution < -0.4 is 10.2 Å². The molecule has 0 amide bonds. The summed E-state index contributed by atoms with van der Waals surface area (Å²) in [6.45, 7) is 4.98. The lowest BCUT2D eigenvalue weighted by Gasteiger charge is -2.20. The van der Waals surface area contributed by atoms with E-state index in [9.17, 15) is 13.2 Å². The summed E-state index contributed by atoms with van der Waals surface area (Å²) in [6, 6.07) is 3.85. The SMILES string of the molecule is CCCNC(C)c1ccc(N(C)CCC(F)(F)F)nc1. The first-order valence-corrected chi connectivity index (χ1v) is 6.80. The zero-order valence-electron chi connectivity index (χ0n) is 12.2. The van der Waals surface area contributed by atoms with Crippen LogP contribution in [0.1, 0.15) is 38.3 Å². The zero-order chi connectivity index (χ0) is 15.2. The monoisotopic (exact) mass is 289 g/mol. The van der Waals surface area contributed by atoms with Crippen LogP contribution in [0.4, 0.5) is 19.0 Å². The predicted octanol–water partition coefficient (Wildman–Crippen LogP) is 3.53. The van der Waals surface area contributed by atoms with Crippen molar-refractivity contribution in [2.24, 2.45) is 0 Å². The van der Waals surface area contributed by atoms with Gasteiger partial charge in [0.05, 0.1) is 6.42 Å². The van der Waals surface area contributed by atoms with Crippen LogP contribution in [-0.2, 0) is 0 Å². The molecule has 0 radical (unpaired) electrons. The number of hydrogen-bond acceptors (Lipinski definition) is 3. The second kappa shape index (κ2) is 7.47. The van der Waals surface area contributed by atoms with Gasteiger partial charge >= 0.3 is 6.18 Å². The van der Waals surface area contributed by atoms with Crippen molar-refractivity contribution in [2.75, 3.05) is 25.0 Å². The molecule has 114 valence electrons. The van der Waals surface area contributed by atoms with E-state index in [1.165, 1.54) is 4.90 Å². The topological polar surface area (TPSA) is 28.2 Å². The Morgan fingerprint density at radius 1 is 1.35 bits per heavy atom. The van der Waals surface area contributed by atoms with E-state index in [1.54, 1.807) is 19.3 Å². The minimum Gasteiger partial charge on any atom is -0.359 e. The summed E-state index contributed by atoms with van der Waals surface area (Å²) in [5, 5.41) is 3.34. The third-order valence-electron chi connectivity index (χ3n) is 3.09. The Morgan fingerprint density at radius 2 is 2.05 bits per heavy atom. The molecule has 1 atom stereocenters. The van der Waals surface area contributed by atoms with Crippen molar-refractivity contribution in [3.8, 4) is 0 Å². The Kier molecular flexibility index (Phi) is 6.26. The van der Waals surface area contributed by atoms with Crippen molar-refractivity contribution in [1.29, 1.82) is 0 Å². The van der Waals surface area contributed by atoms with E-state index in [0.29, 0.717) is 5.82 Å². The van der Waals surface area contributed by atoms with E-state index in [1.807, 2.05) is 13.0 Å². The van der Waals surface area contributed by atoms with Gasteiger partial charge in [-0.15, -0.1) is 0 Å². The van der Waals surface area contributed by atoms with Crippen molar-refractivity contribution in [3.05, 3.63) is 23.9 Å². The first-order chi connectivity index (χ1) is 9.33. The van der Waals surface area contributed by atoms with Crippen LogP contribution in [0.15, 0.2) is 18.3 Å². The molecule has 1 unspecified atom stereocenters. The van der Waals surface area contributed by atoms with Gasteiger partial charge in [0.15, 0.2) is 0 Å². The third-order valence-corrected chi connectivity index (χ3v) is 3.09. The standard InChI is InChI=1S/C14H22F3N3/c1-4-8-18-11(2)12-5-6-13(19-10-12)20(3)9-7-14(15,16)17/h5-6,10-11,18H,4,7-9H2,1-3H3. The number of nitrogens with zero attached hydrogens (tertiary/aromatic N) is 2. The molecule has 6 heteroatoms. The van der Waals surface area contributed by atoms with E-state index in [0.717, 1.165) is 18.5 Å². The minimum absolute atomic E-state index is 0.0838. The summed E-state index contributed by atoms with van der Waals surface area (Å²) in [4.78, 5) is 5.74. The van der Waals surface area contributed by atoms with Crippen LogP contribution in [0.25, 0.3) is 0 Å². The Balaban J connectivity index is 2.57. The van der Waals surface area contributed by atoms with Crippen LogP contribution in [-0.4, -0.2) is 31.3 Å². The molecule has 0 saturated heterocycles. The second-order valence-corrected chi connectivity index (χ2v) is 4.91. The molecule has 1 rings (SSSR count). The average Bonchev–Trinajstić information content (AvgIpc) is 2.41. The number of pyridine rings is 1. The maximum atomic E-state index is 12.2. The molecule has 0 saturated carbocycles. The highest BCUT2D eigenvalue weighted by molar-refractivity contribution is 5.38. The summed E-state index contributed by atoms with van der Waals surface area (Å²) in [5.41, 5.74) is 1.03. The molecule has 1 heterocycles. The molecule has 0 spiro atoms. The van der Waals surface area contributed by atoms with Gasteiger partial charge in [-0.25, -0.2) is 4.98 Å². The zero-order valence-corrected chi connectivity index (χ0v) is 12.2. The van der Waals surface area contributed by atoms with E-state index in [2.05, 4.69) is 17.2 Å². The van der Waals surface area contributed by atoms with Crippen LogP contribution in [0.5, 0.6) is 0 Å². The molecular formula is C14H22F3N3. The van der Waals surface area contributed by atoms with Gasteiger partial charge in [-0.3, -0.25) is 0 Å². The van der Waals surface area contributed by atoms with Crippen molar-refractivity contribution >= 4 is 5.82 Å². The van der Waals surface area contributed by atoms with E-state index >= 15 is 0 Å². The largest absolute Gasteiger partial charge is 0.390 e. The lowest BCUT2D eigenvalue weighted by Crippen LogP contribution is -2.25.